The highest BCUT2D eigenvalue weighted by Gasteiger charge is 1.99. The summed E-state index contributed by atoms with van der Waals surface area (Å²) in [7, 11) is 0. The van der Waals surface area contributed by atoms with E-state index in [-0.39, 0.29) is 18.6 Å². The molecule has 0 aliphatic carbocycles. The van der Waals surface area contributed by atoms with Crippen LogP contribution >= 0.6 is 0 Å². The molecule has 0 rings (SSSR count). The van der Waals surface area contributed by atoms with Gasteiger partial charge in [0.05, 0.1) is 12.0 Å². The maximum Gasteiger partial charge on any atom is 0.305 e. The average molecular weight is 266 g/mol. The molecule has 0 aromatic rings. The summed E-state index contributed by atoms with van der Waals surface area (Å²) in [5.74, 6) is -0.532. The Labute approximate surface area is 110 Å². The quantitative estimate of drug-likeness (QED) is 0.604. The molecule has 0 bridgehead atoms. The smallest absolute Gasteiger partial charge is 0.305 e. The highest BCUT2D eigenvalue weighted by atomic mass is 16.4. The van der Waals surface area contributed by atoms with E-state index in [0.717, 1.165) is 6.42 Å². The van der Waals surface area contributed by atoms with Gasteiger partial charge in [-0.3, -0.25) is 4.79 Å². The Hall–Kier alpha value is -0.650. The van der Waals surface area contributed by atoms with Gasteiger partial charge in [0, 0.05) is 13.2 Å². The minimum Gasteiger partial charge on any atom is -0.481 e. The summed E-state index contributed by atoms with van der Waals surface area (Å²) in [6, 6.07) is 0. The first-order chi connectivity index (χ1) is 8.22. The van der Waals surface area contributed by atoms with Gasteiger partial charge in [-0.25, -0.2) is 0 Å². The molecule has 0 aliphatic heterocycles. The van der Waals surface area contributed by atoms with Crippen LogP contribution in [0, 0.1) is 11.8 Å². The molecule has 0 saturated heterocycles. The van der Waals surface area contributed by atoms with Crippen molar-refractivity contribution in [2.24, 2.45) is 11.8 Å². The van der Waals surface area contributed by atoms with Crippen molar-refractivity contribution in [3.8, 4) is 0 Å². The van der Waals surface area contributed by atoms with Crippen LogP contribution in [-0.2, 0) is 4.79 Å². The lowest BCUT2D eigenvalue weighted by atomic mass is 10.2. The lowest BCUT2D eigenvalue weighted by molar-refractivity contribution is -0.140. The molecule has 0 aromatic heterocycles. The first-order valence-corrected chi connectivity index (χ1v) is 6.35. The molecule has 5 heteroatoms. The molecule has 0 amide bonds. The van der Waals surface area contributed by atoms with Crippen LogP contribution < -0.4 is 0 Å². The topological polar surface area (TPSA) is 98.0 Å². The monoisotopic (exact) mass is 266 g/mol. The van der Waals surface area contributed by atoms with Crippen molar-refractivity contribution >= 4 is 5.97 Å². The van der Waals surface area contributed by atoms with Gasteiger partial charge in [0.2, 0.25) is 0 Å². The van der Waals surface area contributed by atoms with Crippen molar-refractivity contribution in [3.63, 3.8) is 0 Å². The van der Waals surface area contributed by atoms with E-state index in [2.05, 4.69) is 0 Å². The molecule has 1 atom stereocenters. The first-order valence-electron chi connectivity index (χ1n) is 6.35. The van der Waals surface area contributed by atoms with Crippen LogP contribution in [0.2, 0.25) is 0 Å². The predicted octanol–water partition coefficient (Wildman–Crippen LogP) is 1.50. The molecule has 4 N–H and O–H groups in total. The van der Waals surface area contributed by atoms with Gasteiger partial charge in [0.1, 0.15) is 0 Å². The normalized spacial score (nSPS) is 11.2. The number of aliphatic hydroxyl groups excluding tert-OH is 3. The fraction of sp³-hybridized carbons (Fsp3) is 0.923. The van der Waals surface area contributed by atoms with E-state index in [1.165, 1.54) is 0 Å². The molecule has 0 radical (unpaired) electrons. The van der Waals surface area contributed by atoms with Gasteiger partial charge in [0.15, 0.2) is 0 Å². The van der Waals surface area contributed by atoms with E-state index in [4.69, 9.17) is 20.4 Å². The third kappa shape index (κ3) is 29.5. The molecule has 5 nitrogen and oxygen atoms in total. The largest absolute Gasteiger partial charge is 0.481 e. The van der Waals surface area contributed by atoms with Gasteiger partial charge in [-0.15, -0.1) is 0 Å². The number of carboxylic acids is 1. The Morgan fingerprint density at radius 1 is 1.11 bits per heavy atom. The Morgan fingerprint density at radius 2 is 1.44 bits per heavy atom. The number of carboxylic acid groups (broad SMARTS) is 1. The molecule has 0 fully saturated rings. The van der Waals surface area contributed by atoms with Gasteiger partial charge in [-0.2, -0.15) is 0 Å². The van der Waals surface area contributed by atoms with Crippen LogP contribution in [0.3, 0.4) is 0 Å². The molecule has 0 heterocycles. The van der Waals surface area contributed by atoms with E-state index < -0.39 is 5.97 Å². The molecule has 112 valence electrons. The van der Waals surface area contributed by atoms with Crippen LogP contribution in [0.25, 0.3) is 0 Å². The zero-order valence-electron chi connectivity index (χ0n) is 12.3. The van der Waals surface area contributed by atoms with Gasteiger partial charge in [-0.05, 0) is 18.8 Å². The Kier molecular flexibility index (Phi) is 20.5. The summed E-state index contributed by atoms with van der Waals surface area (Å²) in [6.07, 6.45) is 0.946. The van der Waals surface area contributed by atoms with Gasteiger partial charge >= 0.3 is 5.97 Å². The maximum atomic E-state index is 9.70. The predicted molar refractivity (Wildman–Crippen MR) is 72.4 cm³/mol. The fourth-order valence-electron chi connectivity index (χ4n) is 0.353. The maximum absolute atomic E-state index is 9.70. The standard InChI is InChI=1S/C5H12O2.C4H8O2.C4H10O/c1-2-5(7)3-4-6;1-3(2)4(5)6;1-4(2)3-5/h5-7H,2-4H2,1H3;3H,1-2H3,(H,5,6);4-5H,3H2,1-2H3. The summed E-state index contributed by atoms with van der Waals surface area (Å²) in [6.45, 7) is 9.51. The third-order valence-electron chi connectivity index (χ3n) is 1.79. The molecule has 0 saturated carbocycles. The zero-order valence-corrected chi connectivity index (χ0v) is 12.3. The molecule has 0 aromatic carbocycles. The van der Waals surface area contributed by atoms with Gasteiger partial charge in [-0.1, -0.05) is 34.6 Å². The van der Waals surface area contributed by atoms with Crippen molar-refractivity contribution in [2.45, 2.75) is 53.6 Å². The molecular weight excluding hydrogens is 236 g/mol. The average Bonchev–Trinajstić information content (AvgIpc) is 2.30. The van der Waals surface area contributed by atoms with Crippen molar-refractivity contribution in [2.75, 3.05) is 13.2 Å². The van der Waals surface area contributed by atoms with Crippen LogP contribution in [0.15, 0.2) is 0 Å². The first kappa shape index (κ1) is 22.5. The third-order valence-corrected chi connectivity index (χ3v) is 1.79. The molecule has 0 spiro atoms. The highest BCUT2D eigenvalue weighted by molar-refractivity contribution is 5.68. The zero-order chi connectivity index (χ0) is 15.1. The van der Waals surface area contributed by atoms with E-state index in [1.54, 1.807) is 13.8 Å². The second kappa shape index (κ2) is 16.4. The van der Waals surface area contributed by atoms with Crippen LogP contribution in [0.4, 0.5) is 0 Å². The fourth-order valence-corrected chi connectivity index (χ4v) is 0.353. The van der Waals surface area contributed by atoms with Crippen LogP contribution in [0.5, 0.6) is 0 Å². The number of aliphatic carboxylic acids is 1. The van der Waals surface area contributed by atoms with Crippen molar-refractivity contribution in [1.82, 2.24) is 0 Å². The number of rotatable bonds is 5. The second-order valence-corrected chi connectivity index (χ2v) is 4.64. The number of hydrogen-bond donors (Lipinski definition) is 4. The highest BCUT2D eigenvalue weighted by Crippen LogP contribution is 1.92. The van der Waals surface area contributed by atoms with E-state index in [1.807, 2.05) is 20.8 Å². The van der Waals surface area contributed by atoms with Gasteiger partial charge < -0.3 is 20.4 Å². The van der Waals surface area contributed by atoms with Gasteiger partial charge in [0.25, 0.3) is 0 Å². The molecule has 18 heavy (non-hydrogen) atoms. The Balaban J connectivity index is -0.000000190. The van der Waals surface area contributed by atoms with E-state index in [0.29, 0.717) is 18.9 Å². The summed E-state index contributed by atoms with van der Waals surface area (Å²) < 4.78 is 0. The summed E-state index contributed by atoms with van der Waals surface area (Å²) in [5, 5.41) is 33.0. The van der Waals surface area contributed by atoms with Crippen molar-refractivity contribution in [3.05, 3.63) is 0 Å². The lowest BCUT2D eigenvalue weighted by Crippen LogP contribution is -2.05. The second-order valence-electron chi connectivity index (χ2n) is 4.64. The SMILES string of the molecule is CC(C)C(=O)O.CC(C)CO.CCC(O)CCO. The van der Waals surface area contributed by atoms with E-state index in [9.17, 15) is 4.79 Å². The summed E-state index contributed by atoms with van der Waals surface area (Å²) in [5.41, 5.74) is 0. The summed E-state index contributed by atoms with van der Waals surface area (Å²) in [4.78, 5) is 9.70. The Bertz CT molecular complexity index is 169. The molecule has 1 unspecified atom stereocenters. The van der Waals surface area contributed by atoms with Crippen molar-refractivity contribution < 1.29 is 25.2 Å². The van der Waals surface area contributed by atoms with E-state index >= 15 is 0 Å². The molecule has 0 aliphatic rings. The number of hydrogen-bond acceptors (Lipinski definition) is 4. The molecular formula is C13H30O5. The summed E-state index contributed by atoms with van der Waals surface area (Å²) >= 11 is 0. The van der Waals surface area contributed by atoms with Crippen LogP contribution in [0.1, 0.15) is 47.5 Å². The number of aliphatic hydroxyl groups is 3. The number of carbonyl (C=O) groups is 1. The Morgan fingerprint density at radius 3 is 1.50 bits per heavy atom. The lowest BCUT2D eigenvalue weighted by Gasteiger charge is -2.01. The minimum atomic E-state index is -0.741. The minimum absolute atomic E-state index is 0.0923. The van der Waals surface area contributed by atoms with Crippen molar-refractivity contribution in [1.29, 1.82) is 0 Å². The van der Waals surface area contributed by atoms with Crippen LogP contribution in [-0.4, -0.2) is 45.7 Å².